The van der Waals surface area contributed by atoms with E-state index in [9.17, 15) is 0 Å². The molecule has 2 fully saturated rings. The molecule has 1 saturated carbocycles. The van der Waals surface area contributed by atoms with E-state index in [1.165, 1.54) is 38.5 Å². The van der Waals surface area contributed by atoms with Crippen molar-refractivity contribution in [2.24, 2.45) is 0 Å². The van der Waals surface area contributed by atoms with Crippen LogP contribution in [0.3, 0.4) is 0 Å². The van der Waals surface area contributed by atoms with Gasteiger partial charge in [0.2, 0.25) is 5.13 Å². The number of nitrogens with zero attached hydrogens (tertiary/aromatic N) is 3. The first-order valence-electron chi connectivity index (χ1n) is 6.54. The van der Waals surface area contributed by atoms with Crippen molar-refractivity contribution in [2.75, 3.05) is 16.8 Å². The van der Waals surface area contributed by atoms with Gasteiger partial charge in [-0.3, -0.25) is 0 Å². The molecule has 1 aromatic heterocycles. The predicted molar refractivity (Wildman–Crippen MR) is 75.3 cm³/mol. The summed E-state index contributed by atoms with van der Waals surface area (Å²) in [4.78, 5) is 7.24. The lowest BCUT2D eigenvalue weighted by Gasteiger charge is -2.35. The molecule has 0 N–H and O–H groups in total. The summed E-state index contributed by atoms with van der Waals surface area (Å²) in [5, 5.41) is 2.25. The third kappa shape index (κ3) is 2.65. The van der Waals surface area contributed by atoms with E-state index >= 15 is 0 Å². The third-order valence-electron chi connectivity index (χ3n) is 3.69. The van der Waals surface area contributed by atoms with Crippen LogP contribution >= 0.6 is 27.5 Å². The van der Waals surface area contributed by atoms with Gasteiger partial charge in [-0.2, -0.15) is 4.37 Å². The van der Waals surface area contributed by atoms with E-state index in [0.29, 0.717) is 12.0 Å². The summed E-state index contributed by atoms with van der Waals surface area (Å²) in [5.74, 6) is 1.78. The molecule has 0 bridgehead atoms. The Morgan fingerprint density at radius 3 is 2.94 bits per heavy atom. The molecule has 17 heavy (non-hydrogen) atoms. The van der Waals surface area contributed by atoms with E-state index in [1.54, 1.807) is 11.5 Å². The summed E-state index contributed by atoms with van der Waals surface area (Å²) < 4.78 is 4.53. The highest BCUT2D eigenvalue weighted by atomic mass is 79.9. The standard InChI is InChI=1S/C12H18BrN3S/c13-7-6-10-3-1-2-8-16(10)12-14-11(15-17-12)9-4-5-9/h9-10H,1-8H2. The fourth-order valence-electron chi connectivity index (χ4n) is 2.53. The fraction of sp³-hybridized carbons (Fsp3) is 0.833. The molecule has 1 unspecified atom stereocenters. The van der Waals surface area contributed by atoms with Crippen molar-refractivity contribution in [3.63, 3.8) is 0 Å². The number of hydrogen-bond acceptors (Lipinski definition) is 4. The van der Waals surface area contributed by atoms with Crippen LogP contribution in [0.15, 0.2) is 0 Å². The Hall–Kier alpha value is -0.160. The first kappa shape index (κ1) is 11.9. The van der Waals surface area contributed by atoms with Gasteiger partial charge in [0.15, 0.2) is 0 Å². The second kappa shape index (κ2) is 5.22. The zero-order valence-electron chi connectivity index (χ0n) is 9.94. The molecule has 94 valence electrons. The number of piperidine rings is 1. The summed E-state index contributed by atoms with van der Waals surface area (Å²) >= 11 is 5.17. The zero-order chi connectivity index (χ0) is 11.7. The molecule has 3 nitrogen and oxygen atoms in total. The van der Waals surface area contributed by atoms with Gasteiger partial charge in [0.05, 0.1) is 0 Å². The monoisotopic (exact) mass is 315 g/mol. The number of hydrogen-bond donors (Lipinski definition) is 0. The van der Waals surface area contributed by atoms with Crippen LogP contribution in [0.4, 0.5) is 5.13 Å². The molecular weight excluding hydrogens is 298 g/mol. The predicted octanol–water partition coefficient (Wildman–Crippen LogP) is 3.56. The molecule has 2 aliphatic rings. The molecule has 3 rings (SSSR count). The lowest BCUT2D eigenvalue weighted by Crippen LogP contribution is -2.39. The van der Waals surface area contributed by atoms with Crippen LogP contribution in [0.1, 0.15) is 50.3 Å². The molecule has 1 saturated heterocycles. The Morgan fingerprint density at radius 2 is 2.18 bits per heavy atom. The van der Waals surface area contributed by atoms with Gasteiger partial charge < -0.3 is 4.90 Å². The Kier molecular flexibility index (Phi) is 3.66. The van der Waals surface area contributed by atoms with Crippen LogP contribution in [0, 0.1) is 0 Å². The highest BCUT2D eigenvalue weighted by Gasteiger charge is 2.30. The highest BCUT2D eigenvalue weighted by molar-refractivity contribution is 9.09. The third-order valence-corrected chi connectivity index (χ3v) is 4.91. The van der Waals surface area contributed by atoms with Crippen molar-refractivity contribution < 1.29 is 0 Å². The molecule has 1 atom stereocenters. The summed E-state index contributed by atoms with van der Waals surface area (Å²) in [6, 6.07) is 0.670. The van der Waals surface area contributed by atoms with Gasteiger partial charge >= 0.3 is 0 Å². The molecule has 1 aliphatic heterocycles. The SMILES string of the molecule is BrCCC1CCCCN1c1nc(C2CC2)ns1. The molecule has 5 heteroatoms. The molecular formula is C12H18BrN3S. The lowest BCUT2D eigenvalue weighted by atomic mass is 10.0. The van der Waals surface area contributed by atoms with Crippen LogP contribution in [0.25, 0.3) is 0 Å². The molecule has 0 amide bonds. The van der Waals surface area contributed by atoms with Crippen LogP contribution in [0.2, 0.25) is 0 Å². The second-order valence-corrected chi connectivity index (χ2v) is 6.55. The van der Waals surface area contributed by atoms with E-state index in [1.807, 2.05) is 0 Å². The molecule has 2 heterocycles. The summed E-state index contributed by atoms with van der Waals surface area (Å²) in [5.41, 5.74) is 0. The number of alkyl halides is 1. The van der Waals surface area contributed by atoms with Gasteiger partial charge in [0.25, 0.3) is 0 Å². The van der Waals surface area contributed by atoms with E-state index in [4.69, 9.17) is 4.98 Å². The van der Waals surface area contributed by atoms with E-state index < -0.39 is 0 Å². The van der Waals surface area contributed by atoms with Gasteiger partial charge in [0.1, 0.15) is 5.82 Å². The Labute approximate surface area is 115 Å². The van der Waals surface area contributed by atoms with Crippen LogP contribution in [0.5, 0.6) is 0 Å². The minimum absolute atomic E-state index is 0.670. The quantitative estimate of drug-likeness (QED) is 0.795. The van der Waals surface area contributed by atoms with Crippen molar-refractivity contribution in [3.05, 3.63) is 5.82 Å². The minimum atomic E-state index is 0.670. The summed E-state index contributed by atoms with van der Waals surface area (Å²) in [6.45, 7) is 1.16. The first-order valence-corrected chi connectivity index (χ1v) is 8.44. The van der Waals surface area contributed by atoms with Crippen molar-refractivity contribution >= 4 is 32.6 Å². The zero-order valence-corrected chi connectivity index (χ0v) is 12.3. The average Bonchev–Trinajstić information content (AvgIpc) is 3.09. The highest BCUT2D eigenvalue weighted by Crippen LogP contribution is 2.40. The van der Waals surface area contributed by atoms with Crippen molar-refractivity contribution in [3.8, 4) is 0 Å². The maximum atomic E-state index is 4.75. The topological polar surface area (TPSA) is 29.0 Å². The van der Waals surface area contributed by atoms with Crippen molar-refractivity contribution in [1.29, 1.82) is 0 Å². The van der Waals surface area contributed by atoms with Gasteiger partial charge in [-0.1, -0.05) is 15.9 Å². The van der Waals surface area contributed by atoms with E-state index in [2.05, 4.69) is 25.2 Å². The van der Waals surface area contributed by atoms with Crippen LogP contribution in [-0.2, 0) is 0 Å². The summed E-state index contributed by atoms with van der Waals surface area (Å²) in [6.07, 6.45) is 7.78. The van der Waals surface area contributed by atoms with Crippen LogP contribution in [-0.4, -0.2) is 27.3 Å². The number of halogens is 1. The molecule has 0 radical (unpaired) electrons. The largest absolute Gasteiger partial charge is 0.344 e. The second-order valence-electron chi connectivity index (χ2n) is 5.03. The Bertz CT molecular complexity index is 376. The van der Waals surface area contributed by atoms with Gasteiger partial charge in [0, 0.05) is 35.4 Å². The molecule has 1 aliphatic carbocycles. The van der Waals surface area contributed by atoms with Crippen molar-refractivity contribution in [2.45, 2.75) is 50.5 Å². The van der Waals surface area contributed by atoms with Crippen molar-refractivity contribution in [1.82, 2.24) is 9.36 Å². The van der Waals surface area contributed by atoms with E-state index in [-0.39, 0.29) is 0 Å². The first-order chi connectivity index (χ1) is 8.38. The molecule has 1 aromatic rings. The number of anilines is 1. The smallest absolute Gasteiger partial charge is 0.205 e. The fourth-order valence-corrected chi connectivity index (χ4v) is 3.90. The lowest BCUT2D eigenvalue weighted by molar-refractivity contribution is 0.452. The Balaban J connectivity index is 1.74. The maximum Gasteiger partial charge on any atom is 0.205 e. The molecule has 0 aromatic carbocycles. The maximum absolute atomic E-state index is 4.75. The van der Waals surface area contributed by atoms with Gasteiger partial charge in [-0.25, -0.2) is 4.98 Å². The summed E-state index contributed by atoms with van der Waals surface area (Å²) in [7, 11) is 0. The van der Waals surface area contributed by atoms with Crippen LogP contribution < -0.4 is 4.90 Å². The van der Waals surface area contributed by atoms with E-state index in [0.717, 1.165) is 22.8 Å². The minimum Gasteiger partial charge on any atom is -0.344 e. The number of aromatic nitrogens is 2. The van der Waals surface area contributed by atoms with Gasteiger partial charge in [-0.15, -0.1) is 0 Å². The normalized spacial score (nSPS) is 25.2. The molecule has 0 spiro atoms. The number of rotatable bonds is 4. The average molecular weight is 316 g/mol. The van der Waals surface area contributed by atoms with Gasteiger partial charge in [-0.05, 0) is 38.5 Å². The Morgan fingerprint density at radius 1 is 1.29 bits per heavy atom.